The molecule has 1 aromatic heterocycles. The molecule has 0 aliphatic carbocycles. The van der Waals surface area contributed by atoms with Gasteiger partial charge in [0.25, 0.3) is 5.91 Å². The van der Waals surface area contributed by atoms with Crippen LogP contribution in [0, 0.1) is 12.8 Å². The van der Waals surface area contributed by atoms with Gasteiger partial charge >= 0.3 is 0 Å². The van der Waals surface area contributed by atoms with Crippen LogP contribution < -0.4 is 5.32 Å². The van der Waals surface area contributed by atoms with Gasteiger partial charge in [0, 0.05) is 12.4 Å². The van der Waals surface area contributed by atoms with Crippen LogP contribution in [-0.2, 0) is 6.42 Å². The number of aromatic nitrogens is 2. The first-order valence-electron chi connectivity index (χ1n) is 5.75. The van der Waals surface area contributed by atoms with Gasteiger partial charge in [-0.1, -0.05) is 13.8 Å². The van der Waals surface area contributed by atoms with Crippen LogP contribution in [0.4, 0.5) is 0 Å². The maximum Gasteiger partial charge on any atom is 0.253 e. The number of halogens is 1. The van der Waals surface area contributed by atoms with E-state index in [9.17, 15) is 4.79 Å². The molecule has 17 heavy (non-hydrogen) atoms. The van der Waals surface area contributed by atoms with Crippen LogP contribution in [0.5, 0.6) is 0 Å². The molecule has 0 fully saturated rings. The Morgan fingerprint density at radius 3 is 2.82 bits per heavy atom. The molecule has 1 heterocycles. The lowest BCUT2D eigenvalue weighted by molar-refractivity contribution is 0.0947. The average Bonchev–Trinajstić information content (AvgIpc) is 2.35. The minimum absolute atomic E-state index is 0.100. The van der Waals surface area contributed by atoms with Crippen molar-refractivity contribution in [1.29, 1.82) is 0 Å². The molecular weight excluding hydrogens is 238 g/mol. The maximum absolute atomic E-state index is 12.0. The van der Waals surface area contributed by atoms with E-state index in [-0.39, 0.29) is 11.8 Å². The Hall–Kier alpha value is -1.16. The molecular formula is C12H18ClN3O. The van der Waals surface area contributed by atoms with Crippen LogP contribution >= 0.6 is 11.6 Å². The first-order valence-corrected chi connectivity index (χ1v) is 6.29. The molecule has 5 heteroatoms. The summed E-state index contributed by atoms with van der Waals surface area (Å²) in [5, 5.41) is 10.8. The summed E-state index contributed by atoms with van der Waals surface area (Å²) in [7, 11) is 0. The van der Waals surface area contributed by atoms with Gasteiger partial charge in [-0.3, -0.25) is 4.79 Å². The lowest BCUT2D eigenvalue weighted by atomic mass is 10.1. The normalized spacial score (nSPS) is 12.2. The van der Waals surface area contributed by atoms with Crippen molar-refractivity contribution >= 4 is 17.5 Å². The fraction of sp³-hybridized carbons (Fsp3) is 0.583. The first-order chi connectivity index (χ1) is 8.08. The minimum atomic E-state index is -0.100. The number of nitrogens with one attached hydrogen (secondary N) is 1. The highest BCUT2D eigenvalue weighted by molar-refractivity contribution is 6.18. The Bertz CT molecular complexity index is 395. The maximum atomic E-state index is 12.0. The summed E-state index contributed by atoms with van der Waals surface area (Å²) in [6.45, 7) is 6.35. The Balaban J connectivity index is 2.77. The Labute approximate surface area is 107 Å². The molecule has 0 aromatic carbocycles. The van der Waals surface area contributed by atoms with Gasteiger partial charge in [-0.15, -0.1) is 11.6 Å². The fourth-order valence-corrected chi connectivity index (χ4v) is 1.50. The van der Waals surface area contributed by atoms with Crippen molar-refractivity contribution in [3.8, 4) is 0 Å². The zero-order valence-corrected chi connectivity index (χ0v) is 11.2. The van der Waals surface area contributed by atoms with Crippen LogP contribution in [-0.4, -0.2) is 28.5 Å². The van der Waals surface area contributed by atoms with Crippen molar-refractivity contribution in [1.82, 2.24) is 15.5 Å². The quantitative estimate of drug-likeness (QED) is 0.819. The van der Waals surface area contributed by atoms with Crippen molar-refractivity contribution in [2.75, 3.05) is 12.4 Å². The van der Waals surface area contributed by atoms with E-state index in [2.05, 4.69) is 15.5 Å². The SMILES string of the molecule is CCc1nnc(C)cc1C(=O)NCC(C)CCl. The van der Waals surface area contributed by atoms with E-state index in [1.54, 1.807) is 6.07 Å². The standard InChI is InChI=1S/C12H18ClN3O/c1-4-11-10(5-9(3)15-16-11)12(17)14-7-8(2)6-13/h5,8H,4,6-7H2,1-3H3,(H,14,17). The van der Waals surface area contributed by atoms with Crippen LogP contribution in [0.25, 0.3) is 0 Å². The number of alkyl halides is 1. The first kappa shape index (κ1) is 13.9. The molecule has 1 atom stereocenters. The molecule has 0 spiro atoms. The van der Waals surface area contributed by atoms with Gasteiger partial charge in [-0.05, 0) is 25.3 Å². The Kier molecular flexibility index (Phi) is 5.35. The van der Waals surface area contributed by atoms with Crippen molar-refractivity contribution < 1.29 is 4.79 Å². The fourth-order valence-electron chi connectivity index (χ4n) is 1.39. The molecule has 1 aromatic rings. The van der Waals surface area contributed by atoms with Gasteiger partial charge in [0.05, 0.1) is 17.0 Å². The highest BCUT2D eigenvalue weighted by Gasteiger charge is 2.13. The van der Waals surface area contributed by atoms with E-state index in [0.29, 0.717) is 24.4 Å². The molecule has 1 N–H and O–H groups in total. The number of hydrogen-bond acceptors (Lipinski definition) is 3. The lowest BCUT2D eigenvalue weighted by Crippen LogP contribution is -2.30. The Morgan fingerprint density at radius 1 is 1.53 bits per heavy atom. The van der Waals surface area contributed by atoms with Gasteiger partial charge in [0.15, 0.2) is 0 Å². The van der Waals surface area contributed by atoms with Crippen LogP contribution in [0.1, 0.15) is 35.6 Å². The monoisotopic (exact) mass is 255 g/mol. The second-order valence-corrected chi connectivity index (χ2v) is 4.48. The van der Waals surface area contributed by atoms with Gasteiger partial charge in [0.2, 0.25) is 0 Å². The molecule has 1 amide bonds. The summed E-state index contributed by atoms with van der Waals surface area (Å²) in [4.78, 5) is 12.0. The van der Waals surface area contributed by atoms with Gasteiger partial charge in [0.1, 0.15) is 0 Å². The van der Waals surface area contributed by atoms with E-state index in [4.69, 9.17) is 11.6 Å². The smallest absolute Gasteiger partial charge is 0.253 e. The van der Waals surface area contributed by atoms with Gasteiger partial charge < -0.3 is 5.32 Å². The second kappa shape index (κ2) is 6.55. The topological polar surface area (TPSA) is 54.9 Å². The predicted octanol–water partition coefficient (Wildman–Crippen LogP) is 1.95. The molecule has 94 valence electrons. The largest absolute Gasteiger partial charge is 0.352 e. The van der Waals surface area contributed by atoms with Crippen molar-refractivity contribution in [2.24, 2.45) is 5.92 Å². The highest BCUT2D eigenvalue weighted by Crippen LogP contribution is 2.07. The highest BCUT2D eigenvalue weighted by atomic mass is 35.5. The predicted molar refractivity (Wildman–Crippen MR) is 68.4 cm³/mol. The Morgan fingerprint density at radius 2 is 2.24 bits per heavy atom. The van der Waals surface area contributed by atoms with E-state index in [1.807, 2.05) is 20.8 Å². The van der Waals surface area contributed by atoms with E-state index in [1.165, 1.54) is 0 Å². The molecule has 0 saturated carbocycles. The van der Waals surface area contributed by atoms with Crippen LogP contribution in [0.2, 0.25) is 0 Å². The number of carbonyl (C=O) groups excluding carboxylic acids is 1. The van der Waals surface area contributed by atoms with Crippen molar-refractivity contribution in [3.63, 3.8) is 0 Å². The summed E-state index contributed by atoms with van der Waals surface area (Å²) < 4.78 is 0. The van der Waals surface area contributed by atoms with E-state index < -0.39 is 0 Å². The van der Waals surface area contributed by atoms with Crippen LogP contribution in [0.3, 0.4) is 0 Å². The summed E-state index contributed by atoms with van der Waals surface area (Å²) in [5.41, 5.74) is 2.09. The zero-order chi connectivity index (χ0) is 12.8. The summed E-state index contributed by atoms with van der Waals surface area (Å²) in [6, 6.07) is 1.77. The van der Waals surface area contributed by atoms with Gasteiger partial charge in [-0.2, -0.15) is 10.2 Å². The average molecular weight is 256 g/mol. The molecule has 0 radical (unpaired) electrons. The molecule has 0 saturated heterocycles. The number of nitrogens with zero attached hydrogens (tertiary/aromatic N) is 2. The number of hydrogen-bond donors (Lipinski definition) is 1. The third-order valence-corrected chi connectivity index (χ3v) is 2.97. The molecule has 0 aliphatic rings. The molecule has 0 bridgehead atoms. The van der Waals surface area contributed by atoms with Crippen molar-refractivity contribution in [3.05, 3.63) is 23.0 Å². The third kappa shape index (κ3) is 3.97. The summed E-state index contributed by atoms with van der Waals surface area (Å²) in [5.74, 6) is 0.701. The number of amides is 1. The summed E-state index contributed by atoms with van der Waals surface area (Å²) in [6.07, 6.45) is 0.696. The van der Waals surface area contributed by atoms with E-state index in [0.717, 1.165) is 11.4 Å². The third-order valence-electron chi connectivity index (χ3n) is 2.45. The van der Waals surface area contributed by atoms with Gasteiger partial charge in [-0.25, -0.2) is 0 Å². The molecule has 1 rings (SSSR count). The molecule has 4 nitrogen and oxygen atoms in total. The lowest BCUT2D eigenvalue weighted by Gasteiger charge is -2.11. The summed E-state index contributed by atoms with van der Waals surface area (Å²) >= 11 is 5.69. The second-order valence-electron chi connectivity index (χ2n) is 4.17. The zero-order valence-electron chi connectivity index (χ0n) is 10.5. The van der Waals surface area contributed by atoms with Crippen LogP contribution in [0.15, 0.2) is 6.07 Å². The minimum Gasteiger partial charge on any atom is -0.352 e. The number of rotatable bonds is 5. The number of carbonyl (C=O) groups is 1. The molecule has 0 aliphatic heterocycles. The van der Waals surface area contributed by atoms with Crippen molar-refractivity contribution in [2.45, 2.75) is 27.2 Å². The molecule has 1 unspecified atom stereocenters. The number of aryl methyl sites for hydroxylation is 2. The van der Waals surface area contributed by atoms with E-state index >= 15 is 0 Å².